The van der Waals surface area contributed by atoms with Gasteiger partial charge in [0, 0.05) is 14.2 Å². The SMILES string of the molecule is C=C(COC(C)COC(C)COC(C)COC)c1ccc(/C(C)=C\OC(C)COC(C)COC(C)COC)cc1. The molecule has 230 valence electrons. The highest BCUT2D eigenvalue weighted by Crippen LogP contribution is 2.19. The monoisotopic (exact) mass is 566 g/mol. The molecule has 1 aromatic rings. The minimum absolute atomic E-state index is 0.0183. The molecule has 0 spiro atoms. The lowest BCUT2D eigenvalue weighted by Crippen LogP contribution is -2.26. The summed E-state index contributed by atoms with van der Waals surface area (Å²) in [5, 5.41) is 0. The van der Waals surface area contributed by atoms with E-state index in [1.165, 1.54) is 0 Å². The largest absolute Gasteiger partial charge is 0.496 e. The van der Waals surface area contributed by atoms with E-state index < -0.39 is 0 Å². The Labute approximate surface area is 242 Å². The Morgan fingerprint density at radius 2 is 0.975 bits per heavy atom. The minimum Gasteiger partial charge on any atom is -0.496 e. The highest BCUT2D eigenvalue weighted by molar-refractivity contribution is 5.68. The molecule has 0 aromatic heterocycles. The van der Waals surface area contributed by atoms with E-state index in [4.69, 9.17) is 37.9 Å². The first kappa shape index (κ1) is 36.2. The molecule has 0 aliphatic rings. The zero-order chi connectivity index (χ0) is 29.9. The molecule has 0 heterocycles. The summed E-state index contributed by atoms with van der Waals surface area (Å²) < 4.78 is 45.1. The van der Waals surface area contributed by atoms with Crippen LogP contribution in [0, 0.1) is 0 Å². The Balaban J connectivity index is 2.37. The molecule has 40 heavy (non-hydrogen) atoms. The van der Waals surface area contributed by atoms with Gasteiger partial charge in [0.05, 0.1) is 83.0 Å². The van der Waals surface area contributed by atoms with Crippen molar-refractivity contribution < 1.29 is 37.9 Å². The third kappa shape index (κ3) is 16.5. The van der Waals surface area contributed by atoms with E-state index in [0.717, 1.165) is 22.3 Å². The van der Waals surface area contributed by atoms with E-state index in [1.54, 1.807) is 20.5 Å². The van der Waals surface area contributed by atoms with Crippen molar-refractivity contribution in [2.24, 2.45) is 0 Å². The zero-order valence-corrected chi connectivity index (χ0v) is 26.3. The first-order valence-electron chi connectivity index (χ1n) is 14.2. The molecule has 0 amide bonds. The first-order valence-corrected chi connectivity index (χ1v) is 14.2. The van der Waals surface area contributed by atoms with Gasteiger partial charge in [-0.1, -0.05) is 30.8 Å². The van der Waals surface area contributed by atoms with Gasteiger partial charge in [0.15, 0.2) is 0 Å². The van der Waals surface area contributed by atoms with Gasteiger partial charge in [0.2, 0.25) is 0 Å². The van der Waals surface area contributed by atoms with Gasteiger partial charge in [0.1, 0.15) is 6.10 Å². The fourth-order valence-electron chi connectivity index (χ4n) is 3.53. The van der Waals surface area contributed by atoms with Crippen molar-refractivity contribution in [3.05, 3.63) is 48.2 Å². The molecule has 0 aliphatic heterocycles. The summed E-state index contributed by atoms with van der Waals surface area (Å²) in [5.74, 6) is 0. The molecule has 0 N–H and O–H groups in total. The number of methoxy groups -OCH3 is 2. The van der Waals surface area contributed by atoms with E-state index in [1.807, 2.05) is 48.5 Å². The molecule has 0 bridgehead atoms. The van der Waals surface area contributed by atoms with Crippen LogP contribution in [0.15, 0.2) is 37.1 Å². The van der Waals surface area contributed by atoms with Gasteiger partial charge in [-0.2, -0.15) is 0 Å². The van der Waals surface area contributed by atoms with Crippen LogP contribution < -0.4 is 0 Å². The van der Waals surface area contributed by atoms with E-state index in [2.05, 4.69) is 30.8 Å². The van der Waals surface area contributed by atoms with Crippen LogP contribution in [0.2, 0.25) is 0 Å². The lowest BCUT2D eigenvalue weighted by Gasteiger charge is -2.20. The normalized spacial score (nSPS) is 16.7. The maximum atomic E-state index is 5.95. The Bertz CT molecular complexity index is 825. The third-order valence-electron chi connectivity index (χ3n) is 6.03. The number of hydrogen-bond acceptors (Lipinski definition) is 8. The zero-order valence-electron chi connectivity index (χ0n) is 26.3. The number of ether oxygens (including phenoxy) is 8. The van der Waals surface area contributed by atoms with Crippen LogP contribution in [0.4, 0.5) is 0 Å². The second-order valence-electron chi connectivity index (χ2n) is 10.5. The summed E-state index contributed by atoms with van der Waals surface area (Å²) in [5.41, 5.74) is 4.07. The smallest absolute Gasteiger partial charge is 0.118 e. The summed E-state index contributed by atoms with van der Waals surface area (Å²) in [6.07, 6.45) is 1.71. The van der Waals surface area contributed by atoms with Crippen molar-refractivity contribution in [1.82, 2.24) is 0 Å². The van der Waals surface area contributed by atoms with Crippen LogP contribution in [0.5, 0.6) is 0 Å². The average molecular weight is 567 g/mol. The Hall–Kier alpha value is -1.78. The fourth-order valence-corrected chi connectivity index (χ4v) is 3.53. The lowest BCUT2D eigenvalue weighted by molar-refractivity contribution is -0.0736. The van der Waals surface area contributed by atoms with Crippen molar-refractivity contribution >= 4 is 11.1 Å². The van der Waals surface area contributed by atoms with Crippen molar-refractivity contribution in [2.75, 3.05) is 60.5 Å². The number of rotatable bonds is 23. The van der Waals surface area contributed by atoms with Gasteiger partial charge in [-0.05, 0) is 70.7 Å². The molecule has 0 fully saturated rings. The standard InChI is InChI=1S/C32H54O8/c1-23(15-35-27(5)19-39-29(7)21-37-25(3)17-33-9)31-11-13-32(14-12-31)24(2)16-36-28(6)20-40-30(8)22-38-26(4)18-34-10/h11-14,16,25-30H,1,15,17-22H2,2-10H3/b24-16-. The third-order valence-corrected chi connectivity index (χ3v) is 6.03. The molecular weight excluding hydrogens is 512 g/mol. The predicted molar refractivity (Wildman–Crippen MR) is 160 cm³/mol. The van der Waals surface area contributed by atoms with Crippen LogP contribution in [0.25, 0.3) is 11.1 Å². The van der Waals surface area contributed by atoms with Gasteiger partial charge in [-0.25, -0.2) is 0 Å². The molecular formula is C32H54O8. The average Bonchev–Trinajstić information content (AvgIpc) is 2.94. The van der Waals surface area contributed by atoms with E-state index in [9.17, 15) is 0 Å². The van der Waals surface area contributed by atoms with Crippen molar-refractivity contribution in [3.63, 3.8) is 0 Å². The Kier molecular flexibility index (Phi) is 19.0. The number of allylic oxidation sites excluding steroid dienone is 1. The fraction of sp³-hybridized carbons (Fsp3) is 0.688. The van der Waals surface area contributed by atoms with Crippen molar-refractivity contribution in [2.45, 2.75) is 85.1 Å². The Morgan fingerprint density at radius 1 is 0.600 bits per heavy atom. The van der Waals surface area contributed by atoms with Crippen molar-refractivity contribution in [1.29, 1.82) is 0 Å². The summed E-state index contributed by atoms with van der Waals surface area (Å²) in [6.45, 7) is 21.7. The molecule has 6 atom stereocenters. The minimum atomic E-state index is -0.0781. The second kappa shape index (κ2) is 21.0. The maximum absolute atomic E-state index is 5.95. The van der Waals surface area contributed by atoms with Crippen LogP contribution in [0.3, 0.4) is 0 Å². The highest BCUT2D eigenvalue weighted by atomic mass is 16.6. The summed E-state index contributed by atoms with van der Waals surface area (Å²) in [6, 6.07) is 8.24. The molecule has 6 unspecified atom stereocenters. The van der Waals surface area contributed by atoms with E-state index >= 15 is 0 Å². The van der Waals surface area contributed by atoms with E-state index in [0.29, 0.717) is 46.2 Å². The predicted octanol–water partition coefficient (Wildman–Crippen LogP) is 5.78. The van der Waals surface area contributed by atoms with Gasteiger partial charge in [-0.3, -0.25) is 0 Å². The van der Waals surface area contributed by atoms with Crippen molar-refractivity contribution in [3.8, 4) is 0 Å². The van der Waals surface area contributed by atoms with E-state index in [-0.39, 0.29) is 36.6 Å². The molecule has 8 nitrogen and oxygen atoms in total. The van der Waals surface area contributed by atoms with Gasteiger partial charge < -0.3 is 37.9 Å². The number of hydrogen-bond donors (Lipinski definition) is 0. The lowest BCUT2D eigenvalue weighted by atomic mass is 10.0. The second-order valence-corrected chi connectivity index (χ2v) is 10.5. The van der Waals surface area contributed by atoms with Crippen LogP contribution in [0.1, 0.15) is 59.6 Å². The molecule has 8 heteroatoms. The summed E-state index contributed by atoms with van der Waals surface area (Å²) in [7, 11) is 3.33. The van der Waals surface area contributed by atoms with Gasteiger partial charge >= 0.3 is 0 Å². The van der Waals surface area contributed by atoms with Crippen LogP contribution in [-0.2, 0) is 37.9 Å². The summed E-state index contributed by atoms with van der Waals surface area (Å²) in [4.78, 5) is 0. The molecule has 0 radical (unpaired) electrons. The quantitative estimate of drug-likeness (QED) is 0.154. The topological polar surface area (TPSA) is 73.8 Å². The summed E-state index contributed by atoms with van der Waals surface area (Å²) >= 11 is 0. The molecule has 1 rings (SSSR count). The Morgan fingerprint density at radius 3 is 1.43 bits per heavy atom. The molecule has 0 aliphatic carbocycles. The van der Waals surface area contributed by atoms with Crippen LogP contribution >= 0.6 is 0 Å². The number of benzene rings is 1. The first-order chi connectivity index (χ1) is 19.0. The van der Waals surface area contributed by atoms with Gasteiger partial charge in [-0.15, -0.1) is 0 Å². The molecule has 0 saturated heterocycles. The highest BCUT2D eigenvalue weighted by Gasteiger charge is 2.12. The molecule has 0 saturated carbocycles. The molecule has 1 aromatic carbocycles. The van der Waals surface area contributed by atoms with Gasteiger partial charge in [0.25, 0.3) is 0 Å². The van der Waals surface area contributed by atoms with Crippen LogP contribution in [-0.4, -0.2) is 97.1 Å². The maximum Gasteiger partial charge on any atom is 0.118 e.